The monoisotopic (exact) mass is 305 g/mol. The van der Waals surface area contributed by atoms with Crippen LogP contribution in [0.2, 0.25) is 5.02 Å². The molecule has 1 amide bonds. The Kier molecular flexibility index (Phi) is 4.70. The van der Waals surface area contributed by atoms with Crippen LogP contribution in [-0.2, 0) is 4.79 Å². The van der Waals surface area contributed by atoms with Crippen LogP contribution in [0, 0.1) is 13.8 Å². The molecule has 0 fully saturated rings. The molecule has 0 aliphatic heterocycles. The van der Waals surface area contributed by atoms with Gasteiger partial charge in [0.05, 0.1) is 12.8 Å². The SMILES string of the molecule is COc1cc(Cl)c(C)cc1NC(=O)/C=C/c1ccc(C)o1. The largest absolute Gasteiger partial charge is 0.495 e. The zero-order chi connectivity index (χ0) is 15.4. The molecule has 0 atom stereocenters. The highest BCUT2D eigenvalue weighted by atomic mass is 35.5. The number of carbonyl (C=O) groups excluding carboxylic acids is 1. The van der Waals surface area contributed by atoms with Gasteiger partial charge in [0.1, 0.15) is 17.3 Å². The summed E-state index contributed by atoms with van der Waals surface area (Å²) in [4.78, 5) is 11.9. The summed E-state index contributed by atoms with van der Waals surface area (Å²) in [6.45, 7) is 3.71. The Labute approximate surface area is 128 Å². The van der Waals surface area contributed by atoms with Crippen LogP contribution in [0.15, 0.2) is 34.8 Å². The number of anilines is 1. The summed E-state index contributed by atoms with van der Waals surface area (Å²) in [5, 5.41) is 3.34. The molecule has 1 aromatic carbocycles. The van der Waals surface area contributed by atoms with Crippen molar-refractivity contribution in [3.8, 4) is 5.75 Å². The second kappa shape index (κ2) is 6.50. The first kappa shape index (κ1) is 15.2. The predicted molar refractivity (Wildman–Crippen MR) is 83.8 cm³/mol. The minimum atomic E-state index is -0.274. The molecule has 0 unspecified atom stereocenters. The number of aryl methyl sites for hydroxylation is 2. The minimum absolute atomic E-state index is 0.274. The van der Waals surface area contributed by atoms with Crippen LogP contribution in [0.3, 0.4) is 0 Å². The van der Waals surface area contributed by atoms with E-state index in [1.54, 1.807) is 24.3 Å². The highest BCUT2D eigenvalue weighted by Gasteiger charge is 2.09. The van der Waals surface area contributed by atoms with Gasteiger partial charge in [-0.3, -0.25) is 4.79 Å². The van der Waals surface area contributed by atoms with Crippen molar-refractivity contribution in [2.75, 3.05) is 12.4 Å². The van der Waals surface area contributed by atoms with Gasteiger partial charge in [0.25, 0.3) is 0 Å². The number of rotatable bonds is 4. The summed E-state index contributed by atoms with van der Waals surface area (Å²) in [5.41, 5.74) is 1.43. The highest BCUT2D eigenvalue weighted by molar-refractivity contribution is 6.31. The molecule has 0 aliphatic carbocycles. The maximum Gasteiger partial charge on any atom is 0.248 e. The normalized spacial score (nSPS) is 10.9. The first-order valence-electron chi connectivity index (χ1n) is 6.39. The molecule has 0 saturated carbocycles. The summed E-state index contributed by atoms with van der Waals surface area (Å²) in [7, 11) is 1.53. The molecule has 0 saturated heterocycles. The third-order valence-corrected chi connectivity index (χ3v) is 3.31. The number of carbonyl (C=O) groups is 1. The lowest BCUT2D eigenvalue weighted by Gasteiger charge is -2.11. The molecular weight excluding hydrogens is 290 g/mol. The van der Waals surface area contributed by atoms with E-state index in [1.807, 2.05) is 19.9 Å². The molecule has 1 N–H and O–H groups in total. The van der Waals surface area contributed by atoms with E-state index in [0.717, 1.165) is 11.3 Å². The summed E-state index contributed by atoms with van der Waals surface area (Å²) >= 11 is 6.03. The number of hydrogen-bond acceptors (Lipinski definition) is 3. The van der Waals surface area contributed by atoms with Crippen molar-refractivity contribution < 1.29 is 13.9 Å². The maximum absolute atomic E-state index is 11.9. The Morgan fingerprint density at radius 1 is 1.33 bits per heavy atom. The second-order valence-corrected chi connectivity index (χ2v) is 4.98. The summed E-state index contributed by atoms with van der Waals surface area (Å²) in [5.74, 6) is 1.66. The van der Waals surface area contributed by atoms with Gasteiger partial charge in [0, 0.05) is 17.2 Å². The van der Waals surface area contributed by atoms with E-state index in [2.05, 4.69) is 5.32 Å². The first-order chi connectivity index (χ1) is 9.99. The number of halogens is 1. The van der Waals surface area contributed by atoms with Gasteiger partial charge in [-0.25, -0.2) is 0 Å². The fraction of sp³-hybridized carbons (Fsp3) is 0.188. The quantitative estimate of drug-likeness (QED) is 0.861. The van der Waals surface area contributed by atoms with Crippen LogP contribution < -0.4 is 10.1 Å². The molecule has 0 aliphatic rings. The Morgan fingerprint density at radius 2 is 2.10 bits per heavy atom. The number of amides is 1. The van der Waals surface area contributed by atoms with Crippen LogP contribution in [0.25, 0.3) is 6.08 Å². The number of ether oxygens (including phenoxy) is 1. The third kappa shape index (κ3) is 3.89. The Balaban J connectivity index is 2.12. The predicted octanol–water partition coefficient (Wildman–Crippen LogP) is 4.21. The molecule has 1 heterocycles. The van der Waals surface area contributed by atoms with Crippen LogP contribution in [0.5, 0.6) is 5.75 Å². The molecular formula is C16H16ClNO3. The second-order valence-electron chi connectivity index (χ2n) is 4.57. The van der Waals surface area contributed by atoms with E-state index in [-0.39, 0.29) is 5.91 Å². The van der Waals surface area contributed by atoms with Gasteiger partial charge in [0.2, 0.25) is 5.91 Å². The molecule has 2 rings (SSSR count). The Bertz CT molecular complexity index is 689. The average Bonchev–Trinajstić information content (AvgIpc) is 2.86. The number of methoxy groups -OCH3 is 1. The van der Waals surface area contributed by atoms with Gasteiger partial charge >= 0.3 is 0 Å². The maximum atomic E-state index is 11.9. The number of benzene rings is 1. The van der Waals surface area contributed by atoms with Crippen LogP contribution in [0.1, 0.15) is 17.1 Å². The lowest BCUT2D eigenvalue weighted by molar-refractivity contribution is -0.111. The Hall–Kier alpha value is -2.20. The molecule has 4 nitrogen and oxygen atoms in total. The van der Waals surface area contributed by atoms with E-state index in [4.69, 9.17) is 20.8 Å². The smallest absolute Gasteiger partial charge is 0.248 e. The highest BCUT2D eigenvalue weighted by Crippen LogP contribution is 2.30. The zero-order valence-corrected chi connectivity index (χ0v) is 12.8. The molecule has 2 aromatic rings. The molecule has 0 spiro atoms. The lowest BCUT2D eigenvalue weighted by Crippen LogP contribution is -2.09. The van der Waals surface area contributed by atoms with E-state index in [1.165, 1.54) is 13.2 Å². The Morgan fingerprint density at radius 3 is 2.71 bits per heavy atom. The van der Waals surface area contributed by atoms with Crippen molar-refractivity contribution in [3.63, 3.8) is 0 Å². The van der Waals surface area contributed by atoms with Gasteiger partial charge in [-0.1, -0.05) is 11.6 Å². The van der Waals surface area contributed by atoms with E-state index in [0.29, 0.717) is 22.2 Å². The lowest BCUT2D eigenvalue weighted by atomic mass is 10.2. The van der Waals surface area contributed by atoms with Crippen molar-refractivity contribution in [1.82, 2.24) is 0 Å². The fourth-order valence-corrected chi connectivity index (χ4v) is 1.96. The summed E-state index contributed by atoms with van der Waals surface area (Å²) in [6.07, 6.45) is 3.01. The van der Waals surface area contributed by atoms with Gasteiger partial charge in [-0.05, 0) is 43.7 Å². The van der Waals surface area contributed by atoms with Gasteiger partial charge in [-0.2, -0.15) is 0 Å². The van der Waals surface area contributed by atoms with Crippen LogP contribution in [0.4, 0.5) is 5.69 Å². The third-order valence-electron chi connectivity index (χ3n) is 2.90. The summed E-state index contributed by atoms with van der Waals surface area (Å²) < 4.78 is 10.6. The van der Waals surface area contributed by atoms with Crippen molar-refractivity contribution in [1.29, 1.82) is 0 Å². The van der Waals surface area contributed by atoms with Gasteiger partial charge in [-0.15, -0.1) is 0 Å². The number of furan rings is 1. The van der Waals surface area contributed by atoms with Crippen molar-refractivity contribution in [3.05, 3.63) is 52.4 Å². The van der Waals surface area contributed by atoms with Crippen molar-refractivity contribution in [2.45, 2.75) is 13.8 Å². The van der Waals surface area contributed by atoms with Gasteiger partial charge in [0.15, 0.2) is 0 Å². The number of nitrogens with one attached hydrogen (secondary N) is 1. The molecule has 5 heteroatoms. The number of hydrogen-bond donors (Lipinski definition) is 1. The molecule has 110 valence electrons. The fourth-order valence-electron chi connectivity index (χ4n) is 1.81. The molecule has 1 aromatic heterocycles. The molecule has 0 bridgehead atoms. The van der Waals surface area contributed by atoms with E-state index in [9.17, 15) is 4.79 Å². The standard InChI is InChI=1S/C16H16ClNO3/c1-10-8-14(15(20-3)9-13(10)17)18-16(19)7-6-12-5-4-11(2)21-12/h4-9H,1-3H3,(H,18,19)/b7-6+. The average molecular weight is 306 g/mol. The molecule has 21 heavy (non-hydrogen) atoms. The summed E-state index contributed by atoms with van der Waals surface area (Å²) in [6, 6.07) is 7.07. The minimum Gasteiger partial charge on any atom is -0.495 e. The van der Waals surface area contributed by atoms with Crippen LogP contribution in [-0.4, -0.2) is 13.0 Å². The topological polar surface area (TPSA) is 51.5 Å². The van der Waals surface area contributed by atoms with Crippen LogP contribution >= 0.6 is 11.6 Å². The van der Waals surface area contributed by atoms with E-state index < -0.39 is 0 Å². The first-order valence-corrected chi connectivity index (χ1v) is 6.77. The van der Waals surface area contributed by atoms with Gasteiger partial charge < -0.3 is 14.5 Å². The van der Waals surface area contributed by atoms with Crippen molar-refractivity contribution >= 4 is 29.3 Å². The zero-order valence-electron chi connectivity index (χ0n) is 12.1. The van der Waals surface area contributed by atoms with Crippen molar-refractivity contribution in [2.24, 2.45) is 0 Å². The molecule has 0 radical (unpaired) electrons. The van der Waals surface area contributed by atoms with E-state index >= 15 is 0 Å².